The van der Waals surface area contributed by atoms with Crippen molar-refractivity contribution in [1.82, 2.24) is 14.9 Å². The van der Waals surface area contributed by atoms with Gasteiger partial charge in [0.05, 0.1) is 23.9 Å². The molecule has 2 aliphatic carbocycles. The molecule has 1 aromatic heterocycles. The molecule has 3 aliphatic rings. The Kier molecular flexibility index (Phi) is 4.26. The van der Waals surface area contributed by atoms with Gasteiger partial charge in [0, 0.05) is 32.7 Å². The highest BCUT2D eigenvalue weighted by Crippen LogP contribution is 2.44. The molecular formula is C18H25N3O3. The van der Waals surface area contributed by atoms with Crippen LogP contribution in [0.4, 0.5) is 0 Å². The number of ether oxygens (including phenoxy) is 2. The van der Waals surface area contributed by atoms with Gasteiger partial charge in [-0.05, 0) is 44.4 Å². The molecule has 1 saturated heterocycles. The minimum Gasteiger partial charge on any atom is -0.378 e. The number of carbonyl (C=O) groups is 1. The van der Waals surface area contributed by atoms with Crippen molar-refractivity contribution in [2.45, 2.75) is 56.3 Å². The van der Waals surface area contributed by atoms with Gasteiger partial charge >= 0.3 is 0 Å². The summed E-state index contributed by atoms with van der Waals surface area (Å²) in [6.45, 7) is 1.58. The molecule has 6 heteroatoms. The van der Waals surface area contributed by atoms with E-state index in [4.69, 9.17) is 9.47 Å². The van der Waals surface area contributed by atoms with Gasteiger partial charge in [-0.2, -0.15) is 0 Å². The fraction of sp³-hybridized carbons (Fsp3) is 0.722. The predicted octanol–water partition coefficient (Wildman–Crippen LogP) is 2.06. The summed E-state index contributed by atoms with van der Waals surface area (Å²) >= 11 is 0. The standard InChI is InChI=1S/C18H25N3O3/c1-23-18-5-4-14(24-12-13-2-3-13)10-16(18)21(9-6-18)17(22)15-11-19-7-8-20-15/h7-8,11,13-14,16H,2-6,9-10,12H2,1H3. The molecule has 6 nitrogen and oxygen atoms in total. The third kappa shape index (κ3) is 2.93. The van der Waals surface area contributed by atoms with Gasteiger partial charge in [-0.15, -0.1) is 0 Å². The van der Waals surface area contributed by atoms with Crippen LogP contribution in [-0.4, -0.2) is 58.8 Å². The first-order chi connectivity index (χ1) is 11.7. The number of hydrogen-bond acceptors (Lipinski definition) is 5. The third-order valence-electron chi connectivity index (χ3n) is 5.85. The molecule has 4 rings (SSSR count). The van der Waals surface area contributed by atoms with Crippen LogP contribution < -0.4 is 0 Å². The molecule has 3 atom stereocenters. The molecular weight excluding hydrogens is 306 g/mol. The Morgan fingerprint density at radius 1 is 1.33 bits per heavy atom. The second kappa shape index (κ2) is 6.41. The van der Waals surface area contributed by atoms with Crippen LogP contribution in [0.3, 0.4) is 0 Å². The number of likely N-dealkylation sites (tertiary alicyclic amines) is 1. The van der Waals surface area contributed by atoms with E-state index in [2.05, 4.69) is 9.97 Å². The number of fused-ring (bicyclic) bond motifs is 1. The number of rotatable bonds is 5. The van der Waals surface area contributed by atoms with Crippen molar-refractivity contribution in [1.29, 1.82) is 0 Å². The summed E-state index contributed by atoms with van der Waals surface area (Å²) in [5.41, 5.74) is 0.183. The van der Waals surface area contributed by atoms with Crippen molar-refractivity contribution in [2.75, 3.05) is 20.3 Å². The Labute approximate surface area is 142 Å². The summed E-state index contributed by atoms with van der Waals surface area (Å²) in [4.78, 5) is 23.0. The monoisotopic (exact) mass is 331 g/mol. The van der Waals surface area contributed by atoms with Crippen molar-refractivity contribution in [2.24, 2.45) is 5.92 Å². The van der Waals surface area contributed by atoms with E-state index in [1.807, 2.05) is 4.90 Å². The first-order valence-electron chi connectivity index (χ1n) is 8.95. The number of nitrogens with zero attached hydrogens (tertiary/aromatic N) is 3. The quantitative estimate of drug-likeness (QED) is 0.826. The van der Waals surface area contributed by atoms with Gasteiger partial charge in [-0.25, -0.2) is 4.98 Å². The molecule has 2 heterocycles. The molecule has 1 amide bonds. The fourth-order valence-electron chi connectivity index (χ4n) is 4.17. The van der Waals surface area contributed by atoms with Gasteiger partial charge in [0.1, 0.15) is 5.69 Å². The highest BCUT2D eigenvalue weighted by atomic mass is 16.5. The highest BCUT2D eigenvalue weighted by Gasteiger charge is 2.53. The van der Waals surface area contributed by atoms with Gasteiger partial charge in [0.25, 0.3) is 5.91 Å². The van der Waals surface area contributed by atoms with E-state index in [9.17, 15) is 4.79 Å². The zero-order valence-corrected chi connectivity index (χ0v) is 14.2. The van der Waals surface area contributed by atoms with Crippen molar-refractivity contribution >= 4 is 5.91 Å². The lowest BCUT2D eigenvalue weighted by Crippen LogP contribution is -2.53. The summed E-state index contributed by atoms with van der Waals surface area (Å²) in [6, 6.07) is 0.0648. The Balaban J connectivity index is 1.49. The normalized spacial score (nSPS) is 32.6. The van der Waals surface area contributed by atoms with E-state index in [0.717, 1.165) is 38.2 Å². The number of carbonyl (C=O) groups excluding carboxylic acids is 1. The van der Waals surface area contributed by atoms with Crippen LogP contribution in [0.5, 0.6) is 0 Å². The Morgan fingerprint density at radius 3 is 2.92 bits per heavy atom. The van der Waals surface area contributed by atoms with Crippen molar-refractivity contribution < 1.29 is 14.3 Å². The molecule has 24 heavy (non-hydrogen) atoms. The summed E-state index contributed by atoms with van der Waals surface area (Å²) in [5.74, 6) is 0.717. The maximum absolute atomic E-state index is 12.9. The molecule has 130 valence electrons. The molecule has 0 spiro atoms. The average Bonchev–Trinajstić information content (AvgIpc) is 3.39. The maximum Gasteiger partial charge on any atom is 0.274 e. The first kappa shape index (κ1) is 16.0. The van der Waals surface area contributed by atoms with Gasteiger partial charge in [0.15, 0.2) is 0 Å². The van der Waals surface area contributed by atoms with Gasteiger partial charge in [-0.1, -0.05) is 0 Å². The third-order valence-corrected chi connectivity index (χ3v) is 5.85. The minimum absolute atomic E-state index is 0.0464. The van der Waals surface area contributed by atoms with E-state index < -0.39 is 0 Å². The van der Waals surface area contributed by atoms with Gasteiger partial charge in [-0.3, -0.25) is 9.78 Å². The highest BCUT2D eigenvalue weighted by molar-refractivity contribution is 5.92. The van der Waals surface area contributed by atoms with E-state index >= 15 is 0 Å². The number of aromatic nitrogens is 2. The molecule has 0 radical (unpaired) electrons. The zero-order valence-electron chi connectivity index (χ0n) is 14.2. The lowest BCUT2D eigenvalue weighted by molar-refractivity contribution is -0.0977. The summed E-state index contributed by atoms with van der Waals surface area (Å²) in [7, 11) is 1.77. The Bertz CT molecular complexity index is 592. The second-order valence-corrected chi connectivity index (χ2v) is 7.30. The van der Waals surface area contributed by atoms with E-state index in [1.165, 1.54) is 12.8 Å². The van der Waals surface area contributed by atoms with Crippen LogP contribution in [0, 0.1) is 5.92 Å². The van der Waals surface area contributed by atoms with E-state index in [1.54, 1.807) is 25.7 Å². The van der Waals surface area contributed by atoms with Crippen LogP contribution >= 0.6 is 0 Å². The second-order valence-electron chi connectivity index (χ2n) is 7.30. The smallest absolute Gasteiger partial charge is 0.274 e. The first-order valence-corrected chi connectivity index (χ1v) is 8.95. The molecule has 0 bridgehead atoms. The van der Waals surface area contributed by atoms with Crippen LogP contribution in [0.2, 0.25) is 0 Å². The molecule has 3 fully saturated rings. The van der Waals surface area contributed by atoms with Crippen molar-refractivity contribution in [3.8, 4) is 0 Å². The topological polar surface area (TPSA) is 64.6 Å². The van der Waals surface area contributed by atoms with Gasteiger partial charge in [0.2, 0.25) is 0 Å². The Hall–Kier alpha value is -1.53. The van der Waals surface area contributed by atoms with Crippen molar-refractivity contribution in [3.63, 3.8) is 0 Å². The lowest BCUT2D eigenvalue weighted by atomic mass is 9.79. The number of hydrogen-bond donors (Lipinski definition) is 0. The minimum atomic E-state index is -0.225. The summed E-state index contributed by atoms with van der Waals surface area (Å²) in [6.07, 6.45) is 11.2. The van der Waals surface area contributed by atoms with Crippen LogP contribution in [-0.2, 0) is 9.47 Å². The molecule has 0 N–H and O–H groups in total. The molecule has 3 unspecified atom stereocenters. The maximum atomic E-state index is 12.9. The molecule has 2 saturated carbocycles. The van der Waals surface area contributed by atoms with Crippen LogP contribution in [0.15, 0.2) is 18.6 Å². The molecule has 1 aromatic rings. The Morgan fingerprint density at radius 2 is 2.21 bits per heavy atom. The summed E-state index contributed by atoms with van der Waals surface area (Å²) < 4.78 is 12.0. The van der Waals surface area contributed by atoms with E-state index in [0.29, 0.717) is 12.2 Å². The lowest BCUT2D eigenvalue weighted by Gasteiger charge is -2.43. The predicted molar refractivity (Wildman–Crippen MR) is 87.5 cm³/mol. The van der Waals surface area contributed by atoms with E-state index in [-0.39, 0.29) is 23.7 Å². The molecule has 1 aliphatic heterocycles. The van der Waals surface area contributed by atoms with Gasteiger partial charge < -0.3 is 14.4 Å². The zero-order chi connectivity index (χ0) is 16.6. The SMILES string of the molecule is COC12CCC(OCC3CC3)CC1N(C(=O)c1cnccn1)CC2. The largest absolute Gasteiger partial charge is 0.378 e. The van der Waals surface area contributed by atoms with Crippen molar-refractivity contribution in [3.05, 3.63) is 24.3 Å². The summed E-state index contributed by atoms with van der Waals surface area (Å²) in [5, 5.41) is 0. The fourth-order valence-corrected chi connectivity index (χ4v) is 4.17. The van der Waals surface area contributed by atoms with Crippen LogP contribution in [0.25, 0.3) is 0 Å². The van der Waals surface area contributed by atoms with Crippen LogP contribution in [0.1, 0.15) is 49.0 Å². The molecule has 0 aromatic carbocycles. The number of amides is 1. The number of methoxy groups -OCH3 is 1. The average molecular weight is 331 g/mol.